The van der Waals surface area contributed by atoms with E-state index in [4.69, 9.17) is 9.47 Å². The summed E-state index contributed by atoms with van der Waals surface area (Å²) in [5.74, 6) is 1.85. The lowest BCUT2D eigenvalue weighted by molar-refractivity contribution is 0.415. The van der Waals surface area contributed by atoms with Crippen LogP contribution in [-0.2, 0) is 0 Å². The van der Waals surface area contributed by atoms with Gasteiger partial charge in [-0.3, -0.25) is 9.83 Å². The molecule has 0 fully saturated rings. The van der Waals surface area contributed by atoms with Crippen molar-refractivity contribution in [3.05, 3.63) is 78.6 Å². The van der Waals surface area contributed by atoms with Crippen molar-refractivity contribution in [3.8, 4) is 17.6 Å². The highest BCUT2D eigenvalue weighted by Gasteiger charge is 2.17. The molecule has 32 heavy (non-hydrogen) atoms. The van der Waals surface area contributed by atoms with Crippen LogP contribution in [0.1, 0.15) is 5.69 Å². The van der Waals surface area contributed by atoms with E-state index in [0.29, 0.717) is 28.5 Å². The number of ether oxygens (including phenoxy) is 2. The number of nitriles is 1. The zero-order valence-electron chi connectivity index (χ0n) is 17.4. The Morgan fingerprint density at radius 1 is 0.938 bits per heavy atom. The van der Waals surface area contributed by atoms with Crippen LogP contribution >= 0.6 is 0 Å². The van der Waals surface area contributed by atoms with Crippen LogP contribution in [0.3, 0.4) is 0 Å². The van der Waals surface area contributed by atoms with Gasteiger partial charge < -0.3 is 9.47 Å². The highest BCUT2D eigenvalue weighted by Crippen LogP contribution is 2.26. The molecular formula is C23H19N7O2. The van der Waals surface area contributed by atoms with Crippen LogP contribution in [0.4, 0.5) is 17.2 Å². The van der Waals surface area contributed by atoms with Crippen molar-refractivity contribution in [2.75, 3.05) is 19.6 Å². The number of fused-ring (bicyclic) bond motifs is 1. The number of azo groups is 1. The molecule has 0 saturated carbocycles. The first-order chi connectivity index (χ1) is 15.7. The molecule has 0 aliphatic heterocycles. The topological polar surface area (TPSA) is 109 Å². The maximum absolute atomic E-state index is 9.76. The molecule has 2 aromatic heterocycles. The van der Waals surface area contributed by atoms with Gasteiger partial charge in [-0.05, 0) is 60.7 Å². The molecule has 9 nitrogen and oxygen atoms in total. The second kappa shape index (κ2) is 9.40. The maximum atomic E-state index is 9.76. The van der Waals surface area contributed by atoms with Crippen LogP contribution in [0.25, 0.3) is 5.65 Å². The molecule has 2 aromatic carbocycles. The van der Waals surface area contributed by atoms with Crippen molar-refractivity contribution in [2.24, 2.45) is 15.3 Å². The lowest BCUT2D eigenvalue weighted by atomic mass is 10.3. The number of pyridine rings is 1. The Balaban J connectivity index is 1.70. The standard InChI is InChI=1S/C23H19N7O2/c1-31-18-10-6-16(7-11-18)26-28-20(15-24)22-23(30-14-4-3-5-21(30)25-22)29-27-17-8-12-19(32-2)13-9-17/h3-14,26H,1-2H3/b28-20+,29-27?. The molecule has 0 aliphatic rings. The van der Waals surface area contributed by atoms with E-state index >= 15 is 0 Å². The molecule has 0 aliphatic carbocycles. The van der Waals surface area contributed by atoms with Gasteiger partial charge in [-0.25, -0.2) is 4.98 Å². The fraction of sp³-hybridized carbons (Fsp3) is 0.0870. The molecule has 1 N–H and O–H groups in total. The monoisotopic (exact) mass is 425 g/mol. The Bertz CT molecular complexity index is 1320. The Hall–Kier alpha value is -4.71. The molecule has 0 spiro atoms. The number of hydrogen-bond acceptors (Lipinski definition) is 8. The minimum Gasteiger partial charge on any atom is -0.497 e. The molecule has 158 valence electrons. The number of benzene rings is 2. The highest BCUT2D eigenvalue weighted by atomic mass is 16.5. The fourth-order valence-electron chi connectivity index (χ4n) is 2.91. The summed E-state index contributed by atoms with van der Waals surface area (Å²) in [7, 11) is 3.20. The van der Waals surface area contributed by atoms with Crippen LogP contribution in [-0.4, -0.2) is 29.3 Å². The van der Waals surface area contributed by atoms with Gasteiger partial charge in [-0.15, -0.1) is 10.2 Å². The Morgan fingerprint density at radius 3 is 2.28 bits per heavy atom. The largest absolute Gasteiger partial charge is 0.497 e. The third-order valence-corrected chi connectivity index (χ3v) is 4.55. The Labute approximate surface area is 184 Å². The first-order valence-electron chi connectivity index (χ1n) is 9.63. The zero-order chi connectivity index (χ0) is 22.3. The third-order valence-electron chi connectivity index (χ3n) is 4.55. The average molecular weight is 425 g/mol. The van der Waals surface area contributed by atoms with Gasteiger partial charge in [0, 0.05) is 6.20 Å². The summed E-state index contributed by atoms with van der Waals surface area (Å²) in [6.07, 6.45) is 1.81. The molecule has 0 saturated heterocycles. The number of nitrogens with zero attached hydrogens (tertiary/aromatic N) is 6. The van der Waals surface area contributed by atoms with Crippen molar-refractivity contribution in [1.29, 1.82) is 5.26 Å². The molecule has 0 radical (unpaired) electrons. The van der Waals surface area contributed by atoms with Crippen molar-refractivity contribution >= 4 is 28.6 Å². The number of aromatic nitrogens is 2. The summed E-state index contributed by atoms with van der Waals surface area (Å²) in [6.45, 7) is 0. The van der Waals surface area contributed by atoms with E-state index in [-0.39, 0.29) is 5.71 Å². The smallest absolute Gasteiger partial charge is 0.190 e. The normalized spacial score (nSPS) is 11.5. The van der Waals surface area contributed by atoms with Crippen LogP contribution in [0, 0.1) is 11.3 Å². The summed E-state index contributed by atoms with van der Waals surface area (Å²) in [5.41, 5.74) is 5.23. The van der Waals surface area contributed by atoms with Gasteiger partial charge >= 0.3 is 0 Å². The Morgan fingerprint density at radius 2 is 1.62 bits per heavy atom. The molecule has 0 amide bonds. The molecular weight excluding hydrogens is 406 g/mol. The highest BCUT2D eigenvalue weighted by molar-refractivity contribution is 6.13. The van der Waals surface area contributed by atoms with Crippen molar-refractivity contribution in [1.82, 2.24) is 9.38 Å². The minimum absolute atomic E-state index is 0.0770. The lowest BCUT2D eigenvalue weighted by Crippen LogP contribution is -2.03. The van der Waals surface area contributed by atoms with Crippen LogP contribution in [0.15, 0.2) is 88.3 Å². The second-order valence-corrected chi connectivity index (χ2v) is 6.52. The van der Waals surface area contributed by atoms with Crippen molar-refractivity contribution in [2.45, 2.75) is 0 Å². The first kappa shape index (κ1) is 20.6. The van der Waals surface area contributed by atoms with Gasteiger partial charge in [0.1, 0.15) is 28.9 Å². The van der Waals surface area contributed by atoms with E-state index in [0.717, 1.165) is 11.5 Å². The first-order valence-corrected chi connectivity index (χ1v) is 9.63. The number of rotatable bonds is 7. The fourth-order valence-corrected chi connectivity index (χ4v) is 2.91. The maximum Gasteiger partial charge on any atom is 0.190 e. The molecule has 4 aromatic rings. The summed E-state index contributed by atoms with van der Waals surface area (Å²) in [4.78, 5) is 4.54. The van der Waals surface area contributed by atoms with E-state index < -0.39 is 0 Å². The van der Waals surface area contributed by atoms with E-state index in [1.54, 1.807) is 73.3 Å². The Kier molecular flexibility index (Phi) is 6.04. The third kappa shape index (κ3) is 4.39. The van der Waals surface area contributed by atoms with E-state index in [1.807, 2.05) is 18.2 Å². The van der Waals surface area contributed by atoms with Gasteiger partial charge in [0.2, 0.25) is 0 Å². The zero-order valence-corrected chi connectivity index (χ0v) is 17.4. The van der Waals surface area contributed by atoms with Gasteiger partial charge in [0.25, 0.3) is 0 Å². The predicted molar refractivity (Wildman–Crippen MR) is 121 cm³/mol. The summed E-state index contributed by atoms with van der Waals surface area (Å²) in [6, 6.07) is 22.0. The van der Waals surface area contributed by atoms with Crippen LogP contribution in [0.2, 0.25) is 0 Å². The van der Waals surface area contributed by atoms with Crippen LogP contribution < -0.4 is 14.9 Å². The van der Waals surface area contributed by atoms with Crippen molar-refractivity contribution in [3.63, 3.8) is 0 Å². The number of methoxy groups -OCH3 is 2. The summed E-state index contributed by atoms with van der Waals surface area (Å²) >= 11 is 0. The molecule has 0 unspecified atom stereocenters. The van der Waals surface area contributed by atoms with Crippen molar-refractivity contribution < 1.29 is 9.47 Å². The molecule has 4 rings (SSSR count). The van der Waals surface area contributed by atoms with Gasteiger partial charge in [-0.1, -0.05) is 6.07 Å². The molecule has 2 heterocycles. The van der Waals surface area contributed by atoms with E-state index in [9.17, 15) is 5.26 Å². The quantitative estimate of drug-likeness (QED) is 0.251. The summed E-state index contributed by atoms with van der Waals surface area (Å²) < 4.78 is 12.1. The van der Waals surface area contributed by atoms with Gasteiger partial charge in [-0.2, -0.15) is 10.4 Å². The number of hydrazone groups is 1. The minimum atomic E-state index is 0.0770. The lowest BCUT2D eigenvalue weighted by Gasteiger charge is -2.03. The number of nitrogens with one attached hydrogen (secondary N) is 1. The van der Waals surface area contributed by atoms with E-state index in [1.165, 1.54) is 0 Å². The molecule has 0 atom stereocenters. The SMILES string of the molecule is COc1ccc(N=Nc2c(/C(C#N)=N/Nc3ccc(OC)cc3)nc3ccccn23)cc1. The predicted octanol–water partition coefficient (Wildman–Crippen LogP) is 5.11. The van der Waals surface area contributed by atoms with Gasteiger partial charge in [0.05, 0.1) is 25.6 Å². The second-order valence-electron chi connectivity index (χ2n) is 6.52. The average Bonchev–Trinajstić information content (AvgIpc) is 3.22. The van der Waals surface area contributed by atoms with E-state index in [2.05, 4.69) is 31.8 Å². The number of imidazole rings is 1. The number of hydrogen-bond donors (Lipinski definition) is 1. The van der Waals surface area contributed by atoms with Gasteiger partial charge in [0.15, 0.2) is 11.5 Å². The molecule has 0 bridgehead atoms. The molecule has 9 heteroatoms. The number of anilines is 1. The summed E-state index contributed by atoms with van der Waals surface area (Å²) in [5, 5.41) is 22.7. The van der Waals surface area contributed by atoms with Crippen LogP contribution in [0.5, 0.6) is 11.5 Å².